The number of benzene rings is 1. The Labute approximate surface area is 135 Å². The van der Waals surface area contributed by atoms with E-state index in [1.807, 2.05) is 31.2 Å². The number of hydrogen-bond acceptors (Lipinski definition) is 3. The molecule has 23 heavy (non-hydrogen) atoms. The summed E-state index contributed by atoms with van der Waals surface area (Å²) in [4.78, 5) is 12.4. The van der Waals surface area contributed by atoms with Crippen molar-refractivity contribution in [3.05, 3.63) is 30.0 Å². The fourth-order valence-electron chi connectivity index (χ4n) is 4.20. The van der Waals surface area contributed by atoms with Gasteiger partial charge in [-0.3, -0.25) is 9.89 Å². The summed E-state index contributed by atoms with van der Waals surface area (Å²) >= 11 is 0. The van der Waals surface area contributed by atoms with Gasteiger partial charge in [0.15, 0.2) is 0 Å². The molecular weight excluding hydrogens is 290 g/mol. The predicted octanol–water partition coefficient (Wildman–Crippen LogP) is 2.57. The average Bonchev–Trinajstić information content (AvgIpc) is 2.88. The summed E-state index contributed by atoms with van der Waals surface area (Å²) in [6.45, 7) is 2.80. The first kappa shape index (κ1) is 14.7. The summed E-state index contributed by atoms with van der Waals surface area (Å²) in [7, 11) is 0. The Balaban J connectivity index is 1.41. The maximum absolute atomic E-state index is 12.4. The van der Waals surface area contributed by atoms with E-state index in [-0.39, 0.29) is 17.4 Å². The molecule has 0 aliphatic heterocycles. The Morgan fingerprint density at radius 3 is 3.00 bits per heavy atom. The van der Waals surface area contributed by atoms with Crippen LogP contribution in [0.5, 0.6) is 0 Å². The molecule has 1 heterocycles. The Hall–Kier alpha value is -1.88. The van der Waals surface area contributed by atoms with E-state index in [1.165, 1.54) is 19.3 Å². The predicted molar refractivity (Wildman–Crippen MR) is 88.0 cm³/mol. The lowest BCUT2D eigenvalue weighted by Crippen LogP contribution is -2.67. The largest absolute Gasteiger partial charge is 0.378 e. The SMILES string of the molecule is CCO[C@@H]1C[C@@H](NC(=O)Cc2[nH]nc3ccccc23)C12CCC2. The molecule has 1 aromatic heterocycles. The zero-order valence-corrected chi connectivity index (χ0v) is 13.5. The van der Waals surface area contributed by atoms with Crippen molar-refractivity contribution in [1.29, 1.82) is 0 Å². The van der Waals surface area contributed by atoms with Crippen molar-refractivity contribution in [2.45, 2.75) is 51.2 Å². The van der Waals surface area contributed by atoms with Crippen LogP contribution in [0, 0.1) is 5.41 Å². The van der Waals surface area contributed by atoms with Gasteiger partial charge in [0.2, 0.25) is 5.91 Å². The zero-order chi connectivity index (χ0) is 15.9. The van der Waals surface area contributed by atoms with Crippen molar-refractivity contribution < 1.29 is 9.53 Å². The van der Waals surface area contributed by atoms with Gasteiger partial charge >= 0.3 is 0 Å². The van der Waals surface area contributed by atoms with Gasteiger partial charge in [0, 0.05) is 23.4 Å². The van der Waals surface area contributed by atoms with Gasteiger partial charge < -0.3 is 10.1 Å². The van der Waals surface area contributed by atoms with Crippen molar-refractivity contribution >= 4 is 16.8 Å². The fourth-order valence-corrected chi connectivity index (χ4v) is 4.20. The highest BCUT2D eigenvalue weighted by Crippen LogP contribution is 2.57. The molecule has 2 aliphatic carbocycles. The van der Waals surface area contributed by atoms with Crippen LogP contribution in [0.3, 0.4) is 0 Å². The van der Waals surface area contributed by atoms with E-state index in [0.29, 0.717) is 12.5 Å². The second kappa shape index (κ2) is 5.64. The summed E-state index contributed by atoms with van der Waals surface area (Å²) in [5.74, 6) is 0.0747. The number of amides is 1. The minimum Gasteiger partial charge on any atom is -0.378 e. The van der Waals surface area contributed by atoms with Gasteiger partial charge in [0.05, 0.1) is 23.7 Å². The van der Waals surface area contributed by atoms with Gasteiger partial charge in [-0.05, 0) is 32.3 Å². The number of fused-ring (bicyclic) bond motifs is 1. The highest BCUT2D eigenvalue weighted by atomic mass is 16.5. The number of rotatable bonds is 5. The van der Waals surface area contributed by atoms with E-state index < -0.39 is 0 Å². The van der Waals surface area contributed by atoms with Crippen LogP contribution in [0.25, 0.3) is 10.9 Å². The van der Waals surface area contributed by atoms with E-state index in [4.69, 9.17) is 4.74 Å². The first-order chi connectivity index (χ1) is 11.2. The maximum atomic E-state index is 12.4. The number of carbonyl (C=O) groups is 1. The molecule has 2 atom stereocenters. The number of hydrogen-bond donors (Lipinski definition) is 2. The molecule has 0 bridgehead atoms. The first-order valence-electron chi connectivity index (χ1n) is 8.56. The van der Waals surface area contributed by atoms with Crippen molar-refractivity contribution in [3.8, 4) is 0 Å². The van der Waals surface area contributed by atoms with Crippen LogP contribution in [0.1, 0.15) is 38.3 Å². The van der Waals surface area contributed by atoms with Gasteiger partial charge in [0.1, 0.15) is 0 Å². The summed E-state index contributed by atoms with van der Waals surface area (Å²) in [5, 5.41) is 11.5. The molecular formula is C18H23N3O2. The Bertz CT molecular complexity index is 720. The third-order valence-electron chi connectivity index (χ3n) is 5.65. The van der Waals surface area contributed by atoms with Gasteiger partial charge in [-0.15, -0.1) is 0 Å². The second-order valence-electron chi connectivity index (χ2n) is 6.78. The molecule has 2 fully saturated rings. The molecule has 2 aliphatic rings. The van der Waals surface area contributed by atoms with Crippen LogP contribution < -0.4 is 5.32 Å². The van der Waals surface area contributed by atoms with Crippen molar-refractivity contribution in [2.24, 2.45) is 5.41 Å². The monoisotopic (exact) mass is 313 g/mol. The maximum Gasteiger partial charge on any atom is 0.226 e. The first-order valence-corrected chi connectivity index (χ1v) is 8.56. The summed E-state index contributed by atoms with van der Waals surface area (Å²) in [6.07, 6.45) is 5.24. The van der Waals surface area contributed by atoms with E-state index in [2.05, 4.69) is 15.5 Å². The van der Waals surface area contributed by atoms with E-state index >= 15 is 0 Å². The molecule has 0 radical (unpaired) electrons. The third kappa shape index (κ3) is 2.34. The number of aromatic amines is 1. The van der Waals surface area contributed by atoms with Gasteiger partial charge in [-0.2, -0.15) is 5.10 Å². The molecule has 1 spiro atoms. The van der Waals surface area contributed by atoms with E-state index in [0.717, 1.165) is 29.6 Å². The van der Waals surface area contributed by atoms with Gasteiger partial charge in [-0.1, -0.05) is 24.6 Å². The lowest BCUT2D eigenvalue weighted by atomic mass is 9.51. The molecule has 1 amide bonds. The van der Waals surface area contributed by atoms with Crippen molar-refractivity contribution in [3.63, 3.8) is 0 Å². The van der Waals surface area contributed by atoms with Gasteiger partial charge in [0.25, 0.3) is 0 Å². The average molecular weight is 313 g/mol. The number of H-pyrrole nitrogens is 1. The number of aromatic nitrogens is 2. The molecule has 2 N–H and O–H groups in total. The molecule has 122 valence electrons. The second-order valence-corrected chi connectivity index (χ2v) is 6.78. The van der Waals surface area contributed by atoms with Crippen LogP contribution in [0.2, 0.25) is 0 Å². The molecule has 2 saturated carbocycles. The number of nitrogens with zero attached hydrogens (tertiary/aromatic N) is 1. The van der Waals surface area contributed by atoms with Crippen LogP contribution in [-0.4, -0.2) is 34.9 Å². The summed E-state index contributed by atoms with van der Waals surface area (Å²) in [5.41, 5.74) is 2.01. The van der Waals surface area contributed by atoms with Crippen LogP contribution >= 0.6 is 0 Å². The van der Waals surface area contributed by atoms with Crippen LogP contribution in [0.4, 0.5) is 0 Å². The Kier molecular flexibility index (Phi) is 3.60. The van der Waals surface area contributed by atoms with E-state index in [1.54, 1.807) is 0 Å². The lowest BCUT2D eigenvalue weighted by molar-refractivity contribution is -0.175. The van der Waals surface area contributed by atoms with E-state index in [9.17, 15) is 4.79 Å². The zero-order valence-electron chi connectivity index (χ0n) is 13.5. The Morgan fingerprint density at radius 2 is 2.26 bits per heavy atom. The molecule has 5 heteroatoms. The normalized spacial score (nSPS) is 25.1. The molecule has 4 rings (SSSR count). The number of carbonyl (C=O) groups excluding carboxylic acids is 1. The van der Waals surface area contributed by atoms with Gasteiger partial charge in [-0.25, -0.2) is 0 Å². The van der Waals surface area contributed by atoms with Crippen LogP contribution in [-0.2, 0) is 16.0 Å². The minimum atomic E-state index is 0.0747. The summed E-state index contributed by atoms with van der Waals surface area (Å²) < 4.78 is 5.84. The standard InChI is InChI=1S/C18H23N3O2/c1-2-23-16-11-15(18(16)8-5-9-18)19-17(22)10-14-12-6-3-4-7-13(12)20-21-14/h3-4,6-7,15-16H,2,5,8-11H2,1H3,(H,19,22)(H,20,21)/t15-,16-/m1/s1. The molecule has 5 nitrogen and oxygen atoms in total. The molecule has 0 saturated heterocycles. The lowest BCUT2D eigenvalue weighted by Gasteiger charge is -2.61. The van der Waals surface area contributed by atoms with Crippen LogP contribution in [0.15, 0.2) is 24.3 Å². The summed E-state index contributed by atoms with van der Waals surface area (Å²) in [6, 6.07) is 8.16. The van der Waals surface area contributed by atoms with Crippen molar-refractivity contribution in [1.82, 2.24) is 15.5 Å². The molecule has 1 aromatic carbocycles. The molecule has 0 unspecified atom stereocenters. The minimum absolute atomic E-state index is 0.0747. The highest BCUT2D eigenvalue weighted by Gasteiger charge is 2.59. The fraction of sp³-hybridized carbons (Fsp3) is 0.556. The Morgan fingerprint density at radius 1 is 1.43 bits per heavy atom. The number of para-hydroxylation sites is 1. The molecule has 2 aromatic rings. The van der Waals surface area contributed by atoms with Crippen molar-refractivity contribution in [2.75, 3.05) is 6.61 Å². The number of ether oxygens (including phenoxy) is 1. The number of nitrogens with one attached hydrogen (secondary N) is 2. The third-order valence-corrected chi connectivity index (χ3v) is 5.65. The smallest absolute Gasteiger partial charge is 0.226 e. The topological polar surface area (TPSA) is 67.0 Å². The quantitative estimate of drug-likeness (QED) is 0.891. The highest BCUT2D eigenvalue weighted by molar-refractivity contribution is 5.87.